The number of fused-ring (bicyclic) bond motifs is 2. The van der Waals surface area contributed by atoms with Crippen molar-refractivity contribution in [1.29, 1.82) is 0 Å². The molecular formula is C16H13N3O5S. The average Bonchev–Trinajstić information content (AvgIpc) is 3.15. The SMILES string of the molecule is O=C1Cc2cc(S(=O)(=O)N3CCc4ccc([N+](=O)[O-])cc43)ccc2N1. The number of hydrogen-bond donors (Lipinski definition) is 1. The van der Waals surface area contributed by atoms with E-state index in [0.717, 1.165) is 5.56 Å². The highest BCUT2D eigenvalue weighted by atomic mass is 32.2. The maximum absolute atomic E-state index is 13.0. The molecule has 1 N–H and O–H groups in total. The van der Waals surface area contributed by atoms with Crippen LogP contribution in [0.1, 0.15) is 11.1 Å². The van der Waals surface area contributed by atoms with Crippen molar-refractivity contribution in [2.75, 3.05) is 16.2 Å². The van der Waals surface area contributed by atoms with E-state index >= 15 is 0 Å². The summed E-state index contributed by atoms with van der Waals surface area (Å²) in [5.74, 6) is -0.174. The largest absolute Gasteiger partial charge is 0.326 e. The fraction of sp³-hybridized carbons (Fsp3) is 0.188. The van der Waals surface area contributed by atoms with Crippen molar-refractivity contribution in [2.45, 2.75) is 17.7 Å². The van der Waals surface area contributed by atoms with Crippen LogP contribution in [0.25, 0.3) is 0 Å². The second-order valence-electron chi connectivity index (χ2n) is 5.94. The molecule has 25 heavy (non-hydrogen) atoms. The molecule has 0 spiro atoms. The van der Waals surface area contributed by atoms with Gasteiger partial charge in [-0.05, 0) is 35.7 Å². The summed E-state index contributed by atoms with van der Waals surface area (Å²) in [6.45, 7) is 0.229. The number of anilines is 2. The summed E-state index contributed by atoms with van der Waals surface area (Å²) in [4.78, 5) is 22.0. The first kappa shape index (κ1) is 15.6. The van der Waals surface area contributed by atoms with Crippen molar-refractivity contribution in [2.24, 2.45) is 0 Å². The van der Waals surface area contributed by atoms with Crippen molar-refractivity contribution in [3.8, 4) is 0 Å². The molecule has 9 heteroatoms. The fourth-order valence-corrected chi connectivity index (χ4v) is 4.74. The molecule has 2 aromatic carbocycles. The third kappa shape index (κ3) is 2.43. The van der Waals surface area contributed by atoms with Gasteiger partial charge in [0.1, 0.15) is 0 Å². The highest BCUT2D eigenvalue weighted by Crippen LogP contribution is 2.36. The van der Waals surface area contributed by atoms with Gasteiger partial charge in [-0.25, -0.2) is 8.42 Å². The summed E-state index contributed by atoms with van der Waals surface area (Å²) in [6.07, 6.45) is 0.637. The fourth-order valence-electron chi connectivity index (χ4n) is 3.19. The van der Waals surface area contributed by atoms with Crippen molar-refractivity contribution in [3.63, 3.8) is 0 Å². The molecule has 0 bridgehead atoms. The molecule has 0 saturated heterocycles. The lowest BCUT2D eigenvalue weighted by atomic mass is 10.1. The summed E-state index contributed by atoms with van der Waals surface area (Å²) in [6, 6.07) is 8.75. The molecule has 2 aromatic rings. The number of nitrogens with zero attached hydrogens (tertiary/aromatic N) is 2. The third-order valence-corrected chi connectivity index (χ3v) is 6.23. The average molecular weight is 359 g/mol. The molecule has 1 amide bonds. The quantitative estimate of drug-likeness (QED) is 0.664. The van der Waals surface area contributed by atoms with E-state index in [1.165, 1.54) is 28.6 Å². The Morgan fingerprint density at radius 2 is 1.92 bits per heavy atom. The van der Waals surface area contributed by atoms with Crippen LogP contribution in [0.3, 0.4) is 0 Å². The predicted octanol–water partition coefficient (Wildman–Crippen LogP) is 1.84. The summed E-state index contributed by atoms with van der Waals surface area (Å²) < 4.78 is 27.2. The molecule has 2 heterocycles. The smallest absolute Gasteiger partial charge is 0.271 e. The van der Waals surface area contributed by atoms with Crippen LogP contribution in [0.15, 0.2) is 41.3 Å². The first-order chi connectivity index (χ1) is 11.9. The summed E-state index contributed by atoms with van der Waals surface area (Å²) in [5, 5.41) is 13.6. The monoisotopic (exact) mass is 359 g/mol. The molecule has 0 fully saturated rings. The number of carbonyl (C=O) groups is 1. The predicted molar refractivity (Wildman–Crippen MR) is 90.1 cm³/mol. The number of nitro groups is 1. The lowest BCUT2D eigenvalue weighted by Gasteiger charge is -2.19. The number of hydrogen-bond acceptors (Lipinski definition) is 5. The summed E-state index contributed by atoms with van der Waals surface area (Å²) >= 11 is 0. The van der Waals surface area contributed by atoms with Crippen LogP contribution in [-0.2, 0) is 27.7 Å². The van der Waals surface area contributed by atoms with Crippen LogP contribution in [0.5, 0.6) is 0 Å². The number of nitro benzene ring substituents is 1. The zero-order chi connectivity index (χ0) is 17.8. The minimum absolute atomic E-state index is 0.0714. The molecule has 0 radical (unpaired) electrons. The van der Waals surface area contributed by atoms with Crippen molar-refractivity contribution in [1.82, 2.24) is 0 Å². The van der Waals surface area contributed by atoms with Gasteiger partial charge in [0.15, 0.2) is 0 Å². The van der Waals surface area contributed by atoms with Gasteiger partial charge >= 0.3 is 0 Å². The lowest BCUT2D eigenvalue weighted by Crippen LogP contribution is -2.29. The second-order valence-corrected chi connectivity index (χ2v) is 7.80. The van der Waals surface area contributed by atoms with E-state index < -0.39 is 14.9 Å². The third-order valence-electron chi connectivity index (χ3n) is 4.42. The van der Waals surface area contributed by atoms with E-state index in [1.54, 1.807) is 12.1 Å². The standard InChI is InChI=1S/C16H13N3O5S/c20-16-8-11-7-13(3-4-14(11)17-16)25(23,24)18-6-5-10-1-2-12(19(21)22)9-15(10)18/h1-4,7,9H,5-6,8H2,(H,17,20). The van der Waals surface area contributed by atoms with Gasteiger partial charge in [0.05, 0.1) is 21.9 Å². The Balaban J connectivity index is 1.76. The van der Waals surface area contributed by atoms with E-state index in [0.29, 0.717) is 23.4 Å². The Labute approximate surface area is 143 Å². The number of rotatable bonds is 3. The Morgan fingerprint density at radius 3 is 2.68 bits per heavy atom. The van der Waals surface area contributed by atoms with Gasteiger partial charge in [-0.3, -0.25) is 19.2 Å². The van der Waals surface area contributed by atoms with Crippen LogP contribution in [0.2, 0.25) is 0 Å². The van der Waals surface area contributed by atoms with Gasteiger partial charge in [0.2, 0.25) is 5.91 Å². The highest BCUT2D eigenvalue weighted by Gasteiger charge is 2.33. The molecule has 0 aliphatic carbocycles. The zero-order valence-electron chi connectivity index (χ0n) is 12.9. The van der Waals surface area contributed by atoms with Crippen LogP contribution < -0.4 is 9.62 Å². The van der Waals surface area contributed by atoms with Crippen LogP contribution >= 0.6 is 0 Å². The number of benzene rings is 2. The first-order valence-corrected chi connectivity index (χ1v) is 9.03. The minimum atomic E-state index is -3.86. The Kier molecular flexibility index (Phi) is 3.29. The minimum Gasteiger partial charge on any atom is -0.326 e. The van der Waals surface area contributed by atoms with Gasteiger partial charge in [-0.15, -0.1) is 0 Å². The Morgan fingerprint density at radius 1 is 1.12 bits per heavy atom. The van der Waals surface area contributed by atoms with Gasteiger partial charge in [0.25, 0.3) is 15.7 Å². The molecular weight excluding hydrogens is 346 g/mol. The second kappa shape index (κ2) is 5.28. The van der Waals surface area contributed by atoms with Crippen molar-refractivity contribution in [3.05, 3.63) is 57.6 Å². The van der Waals surface area contributed by atoms with Gasteiger partial charge in [0, 0.05) is 24.4 Å². The number of sulfonamides is 1. The highest BCUT2D eigenvalue weighted by molar-refractivity contribution is 7.92. The number of nitrogens with one attached hydrogen (secondary N) is 1. The molecule has 0 saturated carbocycles. The van der Waals surface area contributed by atoms with Crippen LogP contribution in [-0.4, -0.2) is 25.8 Å². The summed E-state index contributed by atoms with van der Waals surface area (Å²) in [7, 11) is -3.86. The van der Waals surface area contributed by atoms with Gasteiger partial charge in [-0.1, -0.05) is 6.07 Å². The molecule has 0 atom stereocenters. The molecule has 8 nitrogen and oxygen atoms in total. The van der Waals surface area contributed by atoms with E-state index in [9.17, 15) is 23.3 Å². The maximum Gasteiger partial charge on any atom is 0.271 e. The molecule has 128 valence electrons. The molecule has 2 aliphatic heterocycles. The normalized spacial score (nSPS) is 15.7. The number of carbonyl (C=O) groups excluding carboxylic acids is 1. The molecule has 4 rings (SSSR count). The van der Waals surface area contributed by atoms with Gasteiger partial charge in [-0.2, -0.15) is 0 Å². The van der Waals surface area contributed by atoms with E-state index in [4.69, 9.17) is 0 Å². The molecule has 0 unspecified atom stereocenters. The number of amides is 1. The molecule has 2 aliphatic rings. The number of non-ortho nitro benzene ring substituents is 1. The van der Waals surface area contributed by atoms with Crippen LogP contribution in [0.4, 0.5) is 17.1 Å². The zero-order valence-corrected chi connectivity index (χ0v) is 13.7. The summed E-state index contributed by atoms with van der Waals surface area (Å²) in [5.41, 5.74) is 2.19. The van der Waals surface area contributed by atoms with E-state index in [2.05, 4.69) is 5.32 Å². The maximum atomic E-state index is 13.0. The Bertz CT molecular complexity index is 1030. The molecule has 0 aromatic heterocycles. The van der Waals surface area contributed by atoms with Crippen molar-refractivity contribution >= 4 is 33.0 Å². The van der Waals surface area contributed by atoms with Crippen molar-refractivity contribution < 1.29 is 18.1 Å². The van der Waals surface area contributed by atoms with Gasteiger partial charge < -0.3 is 5.32 Å². The topological polar surface area (TPSA) is 110 Å². The van der Waals surface area contributed by atoms with Crippen LogP contribution in [0, 0.1) is 10.1 Å². The van der Waals surface area contributed by atoms with E-state index in [1.807, 2.05) is 0 Å². The Hall–Kier alpha value is -2.94. The first-order valence-electron chi connectivity index (χ1n) is 7.59. The van der Waals surface area contributed by atoms with E-state index in [-0.39, 0.29) is 29.5 Å². The lowest BCUT2D eigenvalue weighted by molar-refractivity contribution is -0.384.